The molecule has 0 aromatic heterocycles. The van der Waals surface area contributed by atoms with Crippen LogP contribution in [0.4, 0.5) is 0 Å². The normalized spacial score (nSPS) is 20.7. The average Bonchev–Trinajstić information content (AvgIpc) is 2.55. The lowest BCUT2D eigenvalue weighted by atomic mass is 9.80. The van der Waals surface area contributed by atoms with Gasteiger partial charge in [0.05, 0.1) is 11.6 Å². The van der Waals surface area contributed by atoms with Crippen LogP contribution in [-0.4, -0.2) is 55.3 Å². The van der Waals surface area contributed by atoms with E-state index >= 15 is 0 Å². The largest absolute Gasteiger partial charge is 0.482 e. The predicted molar refractivity (Wildman–Crippen MR) is 89.7 cm³/mol. The number of halogens is 2. The van der Waals surface area contributed by atoms with Crippen molar-refractivity contribution in [2.45, 2.75) is 12.8 Å². The molecule has 1 amide bonds. The number of carboxylic acid groups (broad SMARTS) is 1. The quantitative estimate of drug-likeness (QED) is 0.826. The number of nitrogens with zero attached hydrogens (tertiary/aromatic N) is 1. The Hall–Kier alpha value is -1.50. The van der Waals surface area contributed by atoms with Crippen LogP contribution in [0.2, 0.25) is 10.0 Å². The van der Waals surface area contributed by atoms with Gasteiger partial charge in [-0.3, -0.25) is 9.59 Å². The van der Waals surface area contributed by atoms with Crippen LogP contribution in [0.15, 0.2) is 18.2 Å². The van der Waals surface area contributed by atoms with E-state index in [1.165, 1.54) is 18.1 Å². The van der Waals surface area contributed by atoms with Gasteiger partial charge in [-0.1, -0.05) is 23.2 Å². The molecule has 1 heterocycles. The van der Waals surface area contributed by atoms with Crippen LogP contribution < -0.4 is 4.74 Å². The van der Waals surface area contributed by atoms with Crippen LogP contribution in [0.25, 0.3) is 0 Å². The second kappa shape index (κ2) is 8.05. The summed E-state index contributed by atoms with van der Waals surface area (Å²) in [6.45, 7) is 0.418. The molecule has 132 valence electrons. The fraction of sp³-hybridized carbons (Fsp3) is 0.500. The topological polar surface area (TPSA) is 76.1 Å². The fourth-order valence-corrected chi connectivity index (χ4v) is 3.13. The van der Waals surface area contributed by atoms with Gasteiger partial charge in [-0.15, -0.1) is 0 Å². The van der Waals surface area contributed by atoms with E-state index in [9.17, 15) is 14.7 Å². The number of benzene rings is 1. The fourth-order valence-electron chi connectivity index (χ4n) is 2.79. The number of carbonyl (C=O) groups excluding carboxylic acids is 1. The van der Waals surface area contributed by atoms with Gasteiger partial charge in [0.2, 0.25) is 0 Å². The summed E-state index contributed by atoms with van der Waals surface area (Å²) in [6.07, 6.45) is 1.07. The first-order valence-electron chi connectivity index (χ1n) is 7.46. The number of hydrogen-bond donors (Lipinski definition) is 1. The Bertz CT molecular complexity index is 620. The van der Waals surface area contributed by atoms with Crippen molar-refractivity contribution in [3.8, 4) is 5.75 Å². The van der Waals surface area contributed by atoms with Crippen molar-refractivity contribution in [2.75, 3.05) is 33.4 Å². The molecule has 1 fully saturated rings. The van der Waals surface area contributed by atoms with Crippen molar-refractivity contribution in [3.63, 3.8) is 0 Å². The highest BCUT2D eigenvalue weighted by molar-refractivity contribution is 6.34. The summed E-state index contributed by atoms with van der Waals surface area (Å²) in [5, 5.41) is 10.3. The third-order valence-electron chi connectivity index (χ3n) is 4.05. The minimum absolute atomic E-state index is 0.0626. The molecule has 1 N–H and O–H groups in total. The van der Waals surface area contributed by atoms with Crippen molar-refractivity contribution < 1.29 is 24.2 Å². The number of rotatable bonds is 6. The van der Waals surface area contributed by atoms with Gasteiger partial charge in [-0.25, -0.2) is 0 Å². The molecule has 0 saturated carbocycles. The second-order valence-corrected chi connectivity index (χ2v) is 6.64. The van der Waals surface area contributed by atoms with E-state index in [-0.39, 0.29) is 25.7 Å². The number of carbonyl (C=O) groups is 2. The van der Waals surface area contributed by atoms with Crippen molar-refractivity contribution in [1.29, 1.82) is 0 Å². The molecule has 1 aromatic rings. The number of piperidine rings is 1. The summed E-state index contributed by atoms with van der Waals surface area (Å²) in [7, 11) is 1.45. The van der Waals surface area contributed by atoms with E-state index < -0.39 is 11.4 Å². The van der Waals surface area contributed by atoms with E-state index in [1.807, 2.05) is 0 Å². The number of carboxylic acids is 1. The molecule has 1 atom stereocenters. The molecule has 1 unspecified atom stereocenters. The highest BCUT2D eigenvalue weighted by Gasteiger charge is 2.43. The minimum Gasteiger partial charge on any atom is -0.482 e. The van der Waals surface area contributed by atoms with E-state index in [0.29, 0.717) is 35.2 Å². The maximum absolute atomic E-state index is 12.4. The highest BCUT2D eigenvalue weighted by Crippen LogP contribution is 2.31. The standard InChI is InChI=1S/C16H19Cl2NO5/c1-23-10-16(15(21)22)5-2-6-19(9-16)14(20)8-24-13-7-11(17)3-4-12(13)18/h3-4,7H,2,5-6,8-10H2,1H3,(H,21,22). The first kappa shape index (κ1) is 18.8. The highest BCUT2D eigenvalue weighted by atomic mass is 35.5. The molecule has 1 aliphatic rings. The van der Waals surface area contributed by atoms with Gasteiger partial charge in [-0.05, 0) is 25.0 Å². The van der Waals surface area contributed by atoms with E-state index in [4.69, 9.17) is 32.7 Å². The molecule has 1 saturated heterocycles. The Morgan fingerprint density at radius 3 is 2.79 bits per heavy atom. The van der Waals surface area contributed by atoms with Crippen LogP contribution in [0.5, 0.6) is 5.75 Å². The lowest BCUT2D eigenvalue weighted by Crippen LogP contribution is -2.53. The first-order chi connectivity index (χ1) is 11.4. The van der Waals surface area contributed by atoms with Gasteiger partial charge in [0.1, 0.15) is 11.2 Å². The van der Waals surface area contributed by atoms with Gasteiger partial charge >= 0.3 is 5.97 Å². The Labute approximate surface area is 150 Å². The number of methoxy groups -OCH3 is 1. The number of aliphatic carboxylic acids is 1. The smallest absolute Gasteiger partial charge is 0.313 e. The van der Waals surface area contributed by atoms with Crippen LogP contribution in [0.1, 0.15) is 12.8 Å². The van der Waals surface area contributed by atoms with Crippen molar-refractivity contribution >= 4 is 35.1 Å². The molecule has 1 aromatic carbocycles. The molecule has 0 radical (unpaired) electrons. The van der Waals surface area contributed by atoms with Crippen LogP contribution in [0.3, 0.4) is 0 Å². The molecule has 1 aliphatic heterocycles. The minimum atomic E-state index is -1.07. The molecule has 0 spiro atoms. The Balaban J connectivity index is 2.01. The summed E-state index contributed by atoms with van der Waals surface area (Å²) in [4.78, 5) is 25.5. The molecule has 24 heavy (non-hydrogen) atoms. The predicted octanol–water partition coefficient (Wildman–Crippen LogP) is 2.71. The van der Waals surface area contributed by atoms with E-state index in [0.717, 1.165) is 0 Å². The summed E-state index contributed by atoms with van der Waals surface area (Å²) >= 11 is 11.9. The second-order valence-electron chi connectivity index (χ2n) is 5.80. The van der Waals surface area contributed by atoms with Gasteiger partial charge in [0.15, 0.2) is 6.61 Å². The SMILES string of the molecule is COCC1(C(=O)O)CCCN(C(=O)COc2cc(Cl)ccc2Cl)C1. The van der Waals surface area contributed by atoms with E-state index in [2.05, 4.69) is 0 Å². The third kappa shape index (κ3) is 4.32. The molecule has 0 bridgehead atoms. The monoisotopic (exact) mass is 375 g/mol. The lowest BCUT2D eigenvalue weighted by Gasteiger charge is -2.39. The molecule has 6 nitrogen and oxygen atoms in total. The summed E-state index contributed by atoms with van der Waals surface area (Å²) in [6, 6.07) is 4.73. The van der Waals surface area contributed by atoms with Gasteiger partial charge in [0, 0.05) is 31.3 Å². The summed E-state index contributed by atoms with van der Waals surface area (Å²) in [5.41, 5.74) is -1.07. The van der Waals surface area contributed by atoms with Crippen molar-refractivity contribution in [2.24, 2.45) is 5.41 Å². The first-order valence-corrected chi connectivity index (χ1v) is 8.21. The molecular formula is C16H19Cl2NO5. The summed E-state index contributed by atoms with van der Waals surface area (Å²) in [5.74, 6) is -0.941. The number of amides is 1. The van der Waals surface area contributed by atoms with Crippen LogP contribution >= 0.6 is 23.2 Å². The lowest BCUT2D eigenvalue weighted by molar-refractivity contribution is -0.159. The van der Waals surface area contributed by atoms with Crippen LogP contribution in [0, 0.1) is 5.41 Å². The molecule has 2 rings (SSSR count). The Morgan fingerprint density at radius 2 is 2.12 bits per heavy atom. The van der Waals surface area contributed by atoms with Crippen molar-refractivity contribution in [1.82, 2.24) is 4.90 Å². The van der Waals surface area contributed by atoms with Gasteiger partial charge in [-0.2, -0.15) is 0 Å². The molecular weight excluding hydrogens is 357 g/mol. The average molecular weight is 376 g/mol. The molecule has 8 heteroatoms. The zero-order valence-electron chi connectivity index (χ0n) is 13.3. The zero-order valence-corrected chi connectivity index (χ0v) is 14.8. The molecule has 0 aliphatic carbocycles. The Morgan fingerprint density at radius 1 is 1.38 bits per heavy atom. The van der Waals surface area contributed by atoms with E-state index in [1.54, 1.807) is 12.1 Å². The third-order valence-corrected chi connectivity index (χ3v) is 4.60. The summed E-state index contributed by atoms with van der Waals surface area (Å²) < 4.78 is 10.5. The number of ether oxygens (including phenoxy) is 2. The van der Waals surface area contributed by atoms with Crippen LogP contribution in [-0.2, 0) is 14.3 Å². The Kier molecular flexibility index (Phi) is 6.32. The number of likely N-dealkylation sites (tertiary alicyclic amines) is 1. The number of hydrogen-bond acceptors (Lipinski definition) is 4. The van der Waals surface area contributed by atoms with Gasteiger partial charge in [0.25, 0.3) is 5.91 Å². The van der Waals surface area contributed by atoms with Crippen molar-refractivity contribution in [3.05, 3.63) is 28.2 Å². The van der Waals surface area contributed by atoms with Gasteiger partial charge < -0.3 is 19.5 Å². The maximum Gasteiger partial charge on any atom is 0.313 e. The zero-order chi connectivity index (χ0) is 17.7. The maximum atomic E-state index is 12.4.